The molecule has 2 aromatic rings. The molecule has 6 heteroatoms. The molecule has 0 fully saturated rings. The minimum absolute atomic E-state index is 0.0182. The molecule has 1 aliphatic rings. The first-order valence-corrected chi connectivity index (χ1v) is 7.78. The van der Waals surface area contributed by atoms with Gasteiger partial charge in [-0.3, -0.25) is 0 Å². The number of carboxylic acid groups (broad SMARTS) is 1. The molecule has 4 nitrogen and oxygen atoms in total. The van der Waals surface area contributed by atoms with Crippen molar-refractivity contribution in [3.63, 3.8) is 0 Å². The normalized spacial score (nSPS) is 17.0. The van der Waals surface area contributed by atoms with Gasteiger partial charge in [-0.15, -0.1) is 0 Å². The van der Waals surface area contributed by atoms with Gasteiger partial charge in [-0.25, -0.2) is 18.6 Å². The second-order valence-corrected chi connectivity index (χ2v) is 6.43. The molecule has 1 aromatic carbocycles. The summed E-state index contributed by atoms with van der Waals surface area (Å²) in [5, 5.41) is 9.15. The SMILES string of the molecule is CC(C)C1CN(c2cc(F)cc(F)c2)Cc2cnc(C(=O)O)cc21. The van der Waals surface area contributed by atoms with Gasteiger partial charge in [0.25, 0.3) is 0 Å². The Kier molecular flexibility index (Phi) is 4.22. The Morgan fingerprint density at radius 2 is 1.92 bits per heavy atom. The van der Waals surface area contributed by atoms with Crippen molar-refractivity contribution in [2.75, 3.05) is 11.4 Å². The summed E-state index contributed by atoms with van der Waals surface area (Å²) in [7, 11) is 0. The van der Waals surface area contributed by atoms with E-state index in [-0.39, 0.29) is 17.5 Å². The van der Waals surface area contributed by atoms with Crippen LogP contribution >= 0.6 is 0 Å². The lowest BCUT2D eigenvalue weighted by molar-refractivity contribution is 0.0690. The van der Waals surface area contributed by atoms with Crippen LogP contribution in [0.1, 0.15) is 41.4 Å². The van der Waals surface area contributed by atoms with Gasteiger partial charge >= 0.3 is 5.97 Å². The summed E-state index contributed by atoms with van der Waals surface area (Å²) in [5.74, 6) is -1.99. The second-order valence-electron chi connectivity index (χ2n) is 6.43. The number of aromatic nitrogens is 1. The molecule has 0 bridgehead atoms. The molecular formula is C18H18F2N2O2. The number of nitrogens with zero attached hydrogens (tertiary/aromatic N) is 2. The number of carboxylic acids is 1. The third-order valence-corrected chi connectivity index (χ3v) is 4.44. The molecule has 0 amide bonds. The summed E-state index contributed by atoms with van der Waals surface area (Å²) in [4.78, 5) is 17.0. The number of halogens is 2. The monoisotopic (exact) mass is 332 g/mol. The Labute approximate surface area is 138 Å². The van der Waals surface area contributed by atoms with E-state index in [1.54, 1.807) is 12.3 Å². The average Bonchev–Trinajstić information content (AvgIpc) is 2.52. The standard InChI is InChI=1S/C18H18F2N2O2/c1-10(2)16-9-22(14-4-12(19)3-13(20)5-14)8-11-7-21-17(18(23)24)6-15(11)16/h3-7,10,16H,8-9H2,1-2H3,(H,23,24). The van der Waals surface area contributed by atoms with Crippen LogP contribution in [0.5, 0.6) is 0 Å². The van der Waals surface area contributed by atoms with Gasteiger partial charge < -0.3 is 10.0 Å². The Morgan fingerprint density at radius 3 is 2.50 bits per heavy atom. The van der Waals surface area contributed by atoms with Gasteiger partial charge in [0, 0.05) is 37.0 Å². The fourth-order valence-electron chi connectivity index (χ4n) is 3.19. The molecule has 0 spiro atoms. The van der Waals surface area contributed by atoms with Gasteiger partial charge in [0.15, 0.2) is 0 Å². The summed E-state index contributed by atoms with van der Waals surface area (Å²) in [5.41, 5.74) is 2.33. The molecule has 2 heterocycles. The van der Waals surface area contributed by atoms with Gasteiger partial charge in [-0.05, 0) is 35.2 Å². The van der Waals surface area contributed by atoms with E-state index < -0.39 is 17.6 Å². The quantitative estimate of drug-likeness (QED) is 0.928. The molecule has 0 aliphatic carbocycles. The van der Waals surface area contributed by atoms with Crippen molar-refractivity contribution >= 4 is 11.7 Å². The van der Waals surface area contributed by atoms with Crippen LogP contribution in [-0.4, -0.2) is 22.6 Å². The van der Waals surface area contributed by atoms with E-state index in [1.807, 2.05) is 18.7 Å². The van der Waals surface area contributed by atoms with Crippen molar-refractivity contribution in [1.82, 2.24) is 4.98 Å². The second kappa shape index (κ2) is 6.19. The number of hydrogen-bond donors (Lipinski definition) is 1. The first kappa shape index (κ1) is 16.4. The Bertz CT molecular complexity index is 772. The number of hydrogen-bond acceptors (Lipinski definition) is 3. The van der Waals surface area contributed by atoms with Crippen LogP contribution in [-0.2, 0) is 6.54 Å². The number of anilines is 1. The van der Waals surface area contributed by atoms with Crippen LogP contribution in [0.15, 0.2) is 30.5 Å². The Balaban J connectivity index is 2.02. The third kappa shape index (κ3) is 3.09. The first-order valence-electron chi connectivity index (χ1n) is 7.78. The fraction of sp³-hybridized carbons (Fsp3) is 0.333. The highest BCUT2D eigenvalue weighted by Crippen LogP contribution is 2.36. The van der Waals surface area contributed by atoms with Crippen molar-refractivity contribution < 1.29 is 18.7 Å². The predicted octanol–water partition coefficient (Wildman–Crippen LogP) is 3.82. The number of rotatable bonds is 3. The van der Waals surface area contributed by atoms with Crippen molar-refractivity contribution in [2.24, 2.45) is 5.92 Å². The van der Waals surface area contributed by atoms with Gasteiger partial charge in [-0.2, -0.15) is 0 Å². The summed E-state index contributed by atoms with van der Waals surface area (Å²) < 4.78 is 27.1. The average molecular weight is 332 g/mol. The molecule has 24 heavy (non-hydrogen) atoms. The summed E-state index contributed by atoms with van der Waals surface area (Å²) in [6, 6.07) is 5.09. The zero-order chi connectivity index (χ0) is 17.4. The van der Waals surface area contributed by atoms with Crippen molar-refractivity contribution in [1.29, 1.82) is 0 Å². The molecule has 0 radical (unpaired) electrons. The molecule has 1 aliphatic heterocycles. The number of aromatic carboxylic acids is 1. The maximum Gasteiger partial charge on any atom is 0.354 e. The van der Waals surface area contributed by atoms with Crippen molar-refractivity contribution in [3.8, 4) is 0 Å². The molecular weight excluding hydrogens is 314 g/mol. The third-order valence-electron chi connectivity index (χ3n) is 4.44. The van der Waals surface area contributed by atoms with E-state index in [9.17, 15) is 13.6 Å². The minimum atomic E-state index is -1.06. The van der Waals surface area contributed by atoms with Crippen molar-refractivity contribution in [2.45, 2.75) is 26.3 Å². The van der Waals surface area contributed by atoms with Crippen molar-refractivity contribution in [3.05, 3.63) is 58.9 Å². The summed E-state index contributed by atoms with van der Waals surface area (Å²) in [6.07, 6.45) is 1.55. The van der Waals surface area contributed by atoms with E-state index in [4.69, 9.17) is 5.11 Å². The molecule has 0 saturated carbocycles. The lowest BCUT2D eigenvalue weighted by Gasteiger charge is -2.38. The Hall–Kier alpha value is -2.50. The number of benzene rings is 1. The molecule has 3 rings (SSSR count). The van der Waals surface area contributed by atoms with Crippen LogP contribution in [0.2, 0.25) is 0 Å². The lowest BCUT2D eigenvalue weighted by atomic mass is 9.82. The number of carbonyl (C=O) groups is 1. The van der Waals surface area contributed by atoms with Gasteiger partial charge in [-0.1, -0.05) is 13.8 Å². The van der Waals surface area contributed by atoms with Crippen LogP contribution < -0.4 is 4.90 Å². The largest absolute Gasteiger partial charge is 0.477 e. The molecule has 126 valence electrons. The highest BCUT2D eigenvalue weighted by molar-refractivity contribution is 5.85. The van der Waals surface area contributed by atoms with E-state index >= 15 is 0 Å². The minimum Gasteiger partial charge on any atom is -0.477 e. The zero-order valence-electron chi connectivity index (χ0n) is 13.5. The van der Waals surface area contributed by atoms with Crippen LogP contribution in [0, 0.1) is 17.6 Å². The molecule has 1 aromatic heterocycles. The number of fused-ring (bicyclic) bond motifs is 1. The van der Waals surface area contributed by atoms with Crippen LogP contribution in [0.3, 0.4) is 0 Å². The predicted molar refractivity (Wildman–Crippen MR) is 86.2 cm³/mol. The Morgan fingerprint density at radius 1 is 1.25 bits per heavy atom. The van der Waals surface area contributed by atoms with E-state index in [2.05, 4.69) is 4.98 Å². The zero-order valence-corrected chi connectivity index (χ0v) is 13.5. The van der Waals surface area contributed by atoms with E-state index in [0.717, 1.165) is 17.2 Å². The van der Waals surface area contributed by atoms with E-state index in [1.165, 1.54) is 12.1 Å². The maximum atomic E-state index is 13.5. The maximum absolute atomic E-state index is 13.5. The van der Waals surface area contributed by atoms with Crippen LogP contribution in [0.4, 0.5) is 14.5 Å². The van der Waals surface area contributed by atoms with Crippen LogP contribution in [0.25, 0.3) is 0 Å². The molecule has 1 N–H and O–H groups in total. The smallest absolute Gasteiger partial charge is 0.354 e. The molecule has 0 saturated heterocycles. The van der Waals surface area contributed by atoms with Gasteiger partial charge in [0.05, 0.1) is 0 Å². The topological polar surface area (TPSA) is 53.4 Å². The first-order chi connectivity index (χ1) is 11.3. The highest BCUT2D eigenvalue weighted by atomic mass is 19.1. The summed E-state index contributed by atoms with van der Waals surface area (Å²) >= 11 is 0. The fourth-order valence-corrected chi connectivity index (χ4v) is 3.19. The number of pyridine rings is 1. The lowest BCUT2D eigenvalue weighted by Crippen LogP contribution is -2.36. The molecule has 1 atom stereocenters. The van der Waals surface area contributed by atoms with E-state index in [0.29, 0.717) is 18.8 Å². The molecule has 1 unspecified atom stereocenters. The highest BCUT2D eigenvalue weighted by Gasteiger charge is 2.29. The van der Waals surface area contributed by atoms with Gasteiger partial charge in [0.2, 0.25) is 0 Å². The van der Waals surface area contributed by atoms with Gasteiger partial charge in [0.1, 0.15) is 17.3 Å². The summed E-state index contributed by atoms with van der Waals surface area (Å²) in [6.45, 7) is 5.10.